The summed E-state index contributed by atoms with van der Waals surface area (Å²) in [5.74, 6) is 1.26. The van der Waals surface area contributed by atoms with E-state index in [0.29, 0.717) is 27.5 Å². The number of anilines is 1. The molecule has 1 unspecified atom stereocenters. The largest absolute Gasteiger partial charge is 0.441 e. The minimum absolute atomic E-state index is 0.102. The summed E-state index contributed by atoms with van der Waals surface area (Å²) in [6.07, 6.45) is 0. The third kappa shape index (κ3) is 5.48. The monoisotopic (exact) mass is 402 g/mol. The van der Waals surface area contributed by atoms with Crippen molar-refractivity contribution in [3.05, 3.63) is 59.6 Å². The molecule has 0 aliphatic carbocycles. The lowest BCUT2D eigenvalue weighted by Crippen LogP contribution is -2.39. The number of carbonyl (C=O) groups excluding carboxylic acids is 1. The van der Waals surface area contributed by atoms with Crippen LogP contribution in [-0.4, -0.2) is 40.8 Å². The molecule has 0 spiro atoms. The molecule has 0 aromatic heterocycles. The van der Waals surface area contributed by atoms with Gasteiger partial charge in [0.15, 0.2) is 0 Å². The van der Waals surface area contributed by atoms with Crippen LogP contribution in [0.25, 0.3) is 0 Å². The van der Waals surface area contributed by atoms with E-state index in [1.807, 2.05) is 44.3 Å². The number of likely N-dealkylation sites (N-methyl/N-ethyl adjacent to an activating group) is 1. The fourth-order valence-electron chi connectivity index (χ4n) is 2.26. The minimum atomic E-state index is -0.160. The molecule has 2 aromatic carbocycles. The van der Waals surface area contributed by atoms with E-state index >= 15 is 0 Å². The van der Waals surface area contributed by atoms with Crippen molar-refractivity contribution in [1.82, 2.24) is 5.01 Å². The van der Waals surface area contributed by atoms with Crippen molar-refractivity contribution in [3.63, 3.8) is 0 Å². The van der Waals surface area contributed by atoms with Crippen LogP contribution in [0, 0.1) is 0 Å². The molecule has 140 valence electrons. The van der Waals surface area contributed by atoms with Crippen LogP contribution in [0.2, 0.25) is 5.02 Å². The number of nitrogens with zero attached hydrogens (tertiary/aromatic N) is 3. The van der Waals surface area contributed by atoms with Crippen LogP contribution < -0.4 is 10.1 Å². The summed E-state index contributed by atoms with van der Waals surface area (Å²) in [5.41, 5.74) is 0.654. The molecule has 2 aromatic rings. The van der Waals surface area contributed by atoms with Crippen LogP contribution in [0.15, 0.2) is 64.7 Å². The number of nitrogens with one attached hydrogen (secondary N) is 1. The summed E-state index contributed by atoms with van der Waals surface area (Å²) in [6, 6.07) is 16.4. The molecule has 27 heavy (non-hydrogen) atoms. The van der Waals surface area contributed by atoms with E-state index in [-0.39, 0.29) is 17.7 Å². The summed E-state index contributed by atoms with van der Waals surface area (Å²) < 4.78 is 5.88. The third-order valence-electron chi connectivity index (χ3n) is 3.77. The Balaban J connectivity index is 1.61. The van der Waals surface area contributed by atoms with Gasteiger partial charge in [0.25, 0.3) is 0 Å². The summed E-state index contributed by atoms with van der Waals surface area (Å²) in [6.45, 7) is 1.96. The molecular formula is C19H19ClN4O2S. The second-order valence-electron chi connectivity index (χ2n) is 5.84. The Morgan fingerprint density at radius 3 is 2.78 bits per heavy atom. The van der Waals surface area contributed by atoms with Gasteiger partial charge in [0.2, 0.25) is 17.0 Å². The molecule has 1 heterocycles. The van der Waals surface area contributed by atoms with Gasteiger partial charge in [-0.05, 0) is 37.3 Å². The van der Waals surface area contributed by atoms with Crippen molar-refractivity contribution in [2.24, 2.45) is 10.1 Å². The zero-order valence-corrected chi connectivity index (χ0v) is 16.5. The molecule has 1 aliphatic rings. The normalized spacial score (nSPS) is 16.4. The molecule has 3 rings (SSSR count). The zero-order valence-electron chi connectivity index (χ0n) is 14.9. The van der Waals surface area contributed by atoms with Gasteiger partial charge in [-0.1, -0.05) is 47.6 Å². The first-order valence-electron chi connectivity index (χ1n) is 8.32. The Labute approximate surface area is 167 Å². The second-order valence-corrected chi connectivity index (χ2v) is 7.22. The molecule has 0 fully saturated rings. The SMILES string of the molecule is CC1C(Oc2ccccc2)=NC(SCC(=O)Nc2cccc(Cl)c2)=NN1C. The van der Waals surface area contributed by atoms with Gasteiger partial charge in [-0.3, -0.25) is 9.80 Å². The molecule has 0 saturated carbocycles. The van der Waals surface area contributed by atoms with Crippen molar-refractivity contribution < 1.29 is 9.53 Å². The van der Waals surface area contributed by atoms with Crippen LogP contribution in [0.3, 0.4) is 0 Å². The predicted molar refractivity (Wildman–Crippen MR) is 112 cm³/mol. The van der Waals surface area contributed by atoms with E-state index in [0.717, 1.165) is 0 Å². The van der Waals surface area contributed by atoms with Gasteiger partial charge in [0, 0.05) is 17.8 Å². The highest BCUT2D eigenvalue weighted by atomic mass is 35.5. The van der Waals surface area contributed by atoms with Gasteiger partial charge >= 0.3 is 0 Å². The molecule has 0 radical (unpaired) electrons. The third-order valence-corrected chi connectivity index (χ3v) is 4.85. The molecule has 1 atom stereocenters. The van der Waals surface area contributed by atoms with Gasteiger partial charge in [-0.25, -0.2) is 0 Å². The van der Waals surface area contributed by atoms with E-state index in [1.165, 1.54) is 11.8 Å². The Morgan fingerprint density at radius 1 is 1.26 bits per heavy atom. The van der Waals surface area contributed by atoms with E-state index in [4.69, 9.17) is 16.3 Å². The fraction of sp³-hybridized carbons (Fsp3) is 0.211. The number of amides is 1. The van der Waals surface area contributed by atoms with Crippen LogP contribution in [-0.2, 0) is 4.79 Å². The Bertz CT molecular complexity index is 873. The lowest BCUT2D eigenvalue weighted by Gasteiger charge is -2.27. The number of benzene rings is 2. The van der Waals surface area contributed by atoms with Crippen LogP contribution in [0.5, 0.6) is 5.75 Å². The number of hydrogen-bond donors (Lipinski definition) is 1. The number of para-hydroxylation sites is 1. The van der Waals surface area contributed by atoms with Crippen molar-refractivity contribution in [3.8, 4) is 5.75 Å². The number of rotatable bonds is 4. The standard InChI is InChI=1S/C19H19ClN4O2S/c1-13-18(26-16-9-4-3-5-10-16)22-19(23-24(13)2)27-12-17(25)21-15-8-6-7-14(20)11-15/h3-11,13H,12H2,1-2H3,(H,21,25). The average molecular weight is 403 g/mol. The first kappa shape index (κ1) is 19.3. The first-order valence-corrected chi connectivity index (χ1v) is 9.69. The van der Waals surface area contributed by atoms with E-state index in [2.05, 4.69) is 15.4 Å². The smallest absolute Gasteiger partial charge is 0.234 e. The molecule has 6 nitrogen and oxygen atoms in total. The number of carbonyl (C=O) groups is 1. The molecule has 1 aliphatic heterocycles. The molecule has 0 saturated heterocycles. The zero-order chi connectivity index (χ0) is 19.2. The minimum Gasteiger partial charge on any atom is -0.441 e. The molecular weight excluding hydrogens is 384 g/mol. The number of ether oxygens (including phenoxy) is 1. The van der Waals surface area contributed by atoms with Gasteiger partial charge in [0.1, 0.15) is 11.8 Å². The highest BCUT2D eigenvalue weighted by Crippen LogP contribution is 2.19. The lowest BCUT2D eigenvalue weighted by molar-refractivity contribution is -0.113. The van der Waals surface area contributed by atoms with Crippen molar-refractivity contribution in [2.75, 3.05) is 18.1 Å². The van der Waals surface area contributed by atoms with Gasteiger partial charge in [-0.2, -0.15) is 4.99 Å². The molecule has 1 amide bonds. The summed E-state index contributed by atoms with van der Waals surface area (Å²) in [5, 5.41) is 10.0. The maximum atomic E-state index is 12.2. The molecule has 0 bridgehead atoms. The summed E-state index contributed by atoms with van der Waals surface area (Å²) in [4.78, 5) is 16.6. The van der Waals surface area contributed by atoms with E-state index < -0.39 is 0 Å². The average Bonchev–Trinajstić information content (AvgIpc) is 2.65. The van der Waals surface area contributed by atoms with Crippen LogP contribution >= 0.6 is 23.4 Å². The van der Waals surface area contributed by atoms with E-state index in [9.17, 15) is 4.79 Å². The van der Waals surface area contributed by atoms with Gasteiger partial charge < -0.3 is 10.1 Å². The van der Waals surface area contributed by atoms with Crippen LogP contribution in [0.4, 0.5) is 5.69 Å². The number of thioether (sulfide) groups is 1. The number of hydrogen-bond acceptors (Lipinski definition) is 6. The maximum Gasteiger partial charge on any atom is 0.234 e. The quantitative estimate of drug-likeness (QED) is 0.836. The summed E-state index contributed by atoms with van der Waals surface area (Å²) >= 11 is 7.17. The van der Waals surface area contributed by atoms with Crippen molar-refractivity contribution in [1.29, 1.82) is 0 Å². The maximum absolute atomic E-state index is 12.2. The summed E-state index contributed by atoms with van der Waals surface area (Å²) in [7, 11) is 1.85. The molecule has 1 N–H and O–H groups in total. The highest BCUT2D eigenvalue weighted by molar-refractivity contribution is 8.14. The Kier molecular flexibility index (Phi) is 6.36. The molecule has 8 heteroatoms. The number of amidine groups is 1. The van der Waals surface area contributed by atoms with E-state index in [1.54, 1.807) is 29.3 Å². The highest BCUT2D eigenvalue weighted by Gasteiger charge is 2.24. The number of hydrazone groups is 1. The van der Waals surface area contributed by atoms with Gasteiger partial charge in [0.05, 0.1) is 5.75 Å². The Morgan fingerprint density at radius 2 is 2.04 bits per heavy atom. The second kappa shape index (κ2) is 8.92. The predicted octanol–water partition coefficient (Wildman–Crippen LogP) is 4.09. The lowest BCUT2D eigenvalue weighted by atomic mass is 10.3. The van der Waals surface area contributed by atoms with Gasteiger partial charge in [-0.15, -0.1) is 5.10 Å². The Hall–Kier alpha value is -2.51. The topological polar surface area (TPSA) is 66.3 Å². The number of aliphatic imine (C=N–C) groups is 1. The first-order chi connectivity index (χ1) is 13.0. The fourth-order valence-corrected chi connectivity index (χ4v) is 3.13. The van der Waals surface area contributed by atoms with Crippen LogP contribution in [0.1, 0.15) is 6.92 Å². The van der Waals surface area contributed by atoms with Crippen molar-refractivity contribution in [2.45, 2.75) is 13.0 Å². The van der Waals surface area contributed by atoms with Crippen molar-refractivity contribution >= 4 is 46.0 Å². The number of halogens is 1.